The van der Waals surface area contributed by atoms with E-state index in [0.717, 1.165) is 5.56 Å². The van der Waals surface area contributed by atoms with Gasteiger partial charge in [-0.2, -0.15) is 4.98 Å². The lowest BCUT2D eigenvalue weighted by atomic mass is 9.98. The number of nitrogens with one attached hydrogen (secondary N) is 1. The third-order valence-electron chi connectivity index (χ3n) is 4.85. The number of imidazole rings is 1. The molecule has 0 aliphatic carbocycles. The highest BCUT2D eigenvalue weighted by Crippen LogP contribution is 2.36. The topological polar surface area (TPSA) is 93.3 Å². The smallest absolute Gasteiger partial charge is 0.301 e. The third-order valence-corrected chi connectivity index (χ3v) is 4.85. The Morgan fingerprint density at radius 1 is 1.26 bits per heavy atom. The van der Waals surface area contributed by atoms with Crippen molar-refractivity contribution in [2.45, 2.75) is 12.5 Å². The van der Waals surface area contributed by atoms with Crippen LogP contribution in [-0.2, 0) is 16.6 Å². The van der Waals surface area contributed by atoms with Gasteiger partial charge in [0.1, 0.15) is 23.8 Å². The highest BCUT2D eigenvalue weighted by molar-refractivity contribution is 5.96. The van der Waals surface area contributed by atoms with Gasteiger partial charge in [0, 0.05) is 38.5 Å². The average Bonchev–Trinajstić information content (AvgIpc) is 3.37. The number of rotatable bonds is 4. The first-order chi connectivity index (χ1) is 13.0. The number of hydrogen-bond acceptors (Lipinski definition) is 5. The molecule has 1 N–H and O–H groups in total. The lowest BCUT2D eigenvalue weighted by molar-refractivity contribution is -0.128. The lowest BCUT2D eigenvalue weighted by Crippen LogP contribution is -2.31. The maximum atomic E-state index is 12.8. The van der Waals surface area contributed by atoms with Gasteiger partial charge >= 0.3 is 6.01 Å². The summed E-state index contributed by atoms with van der Waals surface area (Å²) in [5.41, 5.74) is 1.52. The molecule has 1 aliphatic rings. The second-order valence-electron chi connectivity index (χ2n) is 6.55. The van der Waals surface area contributed by atoms with Crippen LogP contribution in [0, 0.1) is 5.92 Å². The molecule has 3 heterocycles. The zero-order valence-electron chi connectivity index (χ0n) is 15.0. The molecule has 2 amide bonds. The monoisotopic (exact) mass is 365 g/mol. The van der Waals surface area contributed by atoms with Gasteiger partial charge in [-0.05, 0) is 0 Å². The molecule has 1 saturated heterocycles. The number of aryl methyl sites for hydroxylation is 1. The molecular formula is C19H19N5O3. The van der Waals surface area contributed by atoms with Gasteiger partial charge in [-0.1, -0.05) is 30.3 Å². The molecule has 2 aromatic heterocycles. The Hall–Kier alpha value is -3.42. The molecule has 27 heavy (non-hydrogen) atoms. The summed E-state index contributed by atoms with van der Waals surface area (Å²) >= 11 is 0. The molecule has 0 saturated carbocycles. The summed E-state index contributed by atoms with van der Waals surface area (Å²) in [4.78, 5) is 35.3. The van der Waals surface area contributed by atoms with Crippen molar-refractivity contribution in [1.82, 2.24) is 19.4 Å². The molecule has 0 spiro atoms. The van der Waals surface area contributed by atoms with Gasteiger partial charge in [-0.25, -0.2) is 4.98 Å². The van der Waals surface area contributed by atoms with Crippen LogP contribution in [0.2, 0.25) is 0 Å². The van der Waals surface area contributed by atoms with Crippen molar-refractivity contribution in [2.75, 3.05) is 12.4 Å². The number of hydrogen-bond donors (Lipinski definition) is 1. The van der Waals surface area contributed by atoms with Crippen LogP contribution in [0.4, 0.5) is 6.01 Å². The third kappa shape index (κ3) is 3.10. The summed E-state index contributed by atoms with van der Waals surface area (Å²) in [6, 6.07) is 9.22. The van der Waals surface area contributed by atoms with E-state index in [-0.39, 0.29) is 24.2 Å². The number of anilines is 1. The molecular weight excluding hydrogens is 346 g/mol. The predicted molar refractivity (Wildman–Crippen MR) is 97.4 cm³/mol. The number of nitrogens with zero attached hydrogens (tertiary/aromatic N) is 4. The molecule has 8 nitrogen and oxygen atoms in total. The zero-order valence-corrected chi connectivity index (χ0v) is 15.0. The largest absolute Gasteiger partial charge is 0.431 e. The van der Waals surface area contributed by atoms with E-state index in [0.29, 0.717) is 11.5 Å². The first-order valence-electron chi connectivity index (χ1n) is 8.59. The summed E-state index contributed by atoms with van der Waals surface area (Å²) in [6.07, 6.45) is 5.06. The van der Waals surface area contributed by atoms with Gasteiger partial charge in [0.25, 0.3) is 0 Å². The van der Waals surface area contributed by atoms with Crippen molar-refractivity contribution in [3.05, 3.63) is 54.8 Å². The van der Waals surface area contributed by atoms with E-state index in [4.69, 9.17) is 4.42 Å². The van der Waals surface area contributed by atoms with E-state index in [1.807, 2.05) is 41.9 Å². The number of likely N-dealkylation sites (tertiary alicyclic amines) is 1. The molecule has 1 aromatic carbocycles. The molecule has 1 aliphatic heterocycles. The molecule has 3 aromatic rings. The fourth-order valence-corrected chi connectivity index (χ4v) is 3.39. The van der Waals surface area contributed by atoms with Crippen molar-refractivity contribution < 1.29 is 14.0 Å². The summed E-state index contributed by atoms with van der Waals surface area (Å²) in [5, 5.41) is 2.69. The molecule has 138 valence electrons. The second kappa shape index (κ2) is 6.71. The molecule has 1 fully saturated rings. The van der Waals surface area contributed by atoms with Crippen LogP contribution < -0.4 is 5.32 Å². The van der Waals surface area contributed by atoms with Crippen LogP contribution >= 0.6 is 0 Å². The van der Waals surface area contributed by atoms with Crippen LogP contribution in [0.3, 0.4) is 0 Å². The maximum absolute atomic E-state index is 12.8. The second-order valence-corrected chi connectivity index (χ2v) is 6.55. The number of amides is 2. The van der Waals surface area contributed by atoms with E-state index in [1.165, 1.54) is 6.26 Å². The van der Waals surface area contributed by atoms with Crippen molar-refractivity contribution in [3.63, 3.8) is 0 Å². The normalized spacial score (nSPS) is 19.5. The van der Waals surface area contributed by atoms with Crippen molar-refractivity contribution in [2.24, 2.45) is 13.0 Å². The number of benzene rings is 1. The van der Waals surface area contributed by atoms with Crippen molar-refractivity contribution >= 4 is 17.8 Å². The summed E-state index contributed by atoms with van der Waals surface area (Å²) in [5.74, 6) is -0.320. The molecule has 8 heteroatoms. The minimum absolute atomic E-state index is 0.0967. The van der Waals surface area contributed by atoms with Crippen LogP contribution in [0.5, 0.6) is 0 Å². The Labute approximate surface area is 155 Å². The summed E-state index contributed by atoms with van der Waals surface area (Å²) in [6.45, 7) is 0. The fourth-order valence-electron chi connectivity index (χ4n) is 3.39. The van der Waals surface area contributed by atoms with Crippen LogP contribution in [0.25, 0.3) is 11.3 Å². The van der Waals surface area contributed by atoms with Crippen molar-refractivity contribution in [1.29, 1.82) is 0 Å². The first kappa shape index (κ1) is 17.0. The number of carbonyl (C=O) groups is 2. The van der Waals surface area contributed by atoms with Crippen molar-refractivity contribution in [3.8, 4) is 11.3 Å². The Kier molecular flexibility index (Phi) is 4.23. The minimum atomic E-state index is -0.573. The Bertz CT molecular complexity index is 978. The van der Waals surface area contributed by atoms with Gasteiger partial charge in [-0.3, -0.25) is 14.9 Å². The highest BCUT2D eigenvalue weighted by Gasteiger charge is 2.44. The van der Waals surface area contributed by atoms with Gasteiger partial charge in [0.15, 0.2) is 0 Å². The fraction of sp³-hybridized carbons (Fsp3) is 0.263. The molecule has 0 radical (unpaired) electrons. The number of oxazole rings is 1. The molecule has 2 atom stereocenters. The summed E-state index contributed by atoms with van der Waals surface area (Å²) in [7, 11) is 3.53. The van der Waals surface area contributed by atoms with Crippen LogP contribution in [0.15, 0.2) is 53.4 Å². The summed E-state index contributed by atoms with van der Waals surface area (Å²) < 4.78 is 7.21. The standard InChI is InChI=1S/C19H19N5O3/c1-23-9-8-20-17(23)16-13(10-15(25)24(16)2)18(26)22-19-21-14(11-27-19)12-6-4-3-5-7-12/h3-9,11,13,16H,10H2,1-2H3,(H,21,22,26)/t13-,16-/m0/s1. The molecule has 4 rings (SSSR count). The first-order valence-corrected chi connectivity index (χ1v) is 8.59. The zero-order chi connectivity index (χ0) is 19.0. The van der Waals surface area contributed by atoms with E-state index in [1.54, 1.807) is 24.3 Å². The van der Waals surface area contributed by atoms with Gasteiger partial charge in [0.2, 0.25) is 11.8 Å². The average molecular weight is 365 g/mol. The van der Waals surface area contributed by atoms with E-state index in [2.05, 4.69) is 15.3 Å². The Morgan fingerprint density at radius 2 is 2.04 bits per heavy atom. The van der Waals surface area contributed by atoms with Gasteiger partial charge in [-0.15, -0.1) is 0 Å². The predicted octanol–water partition coefficient (Wildman–Crippen LogP) is 2.23. The quantitative estimate of drug-likeness (QED) is 0.765. The van der Waals surface area contributed by atoms with E-state index < -0.39 is 12.0 Å². The van der Waals surface area contributed by atoms with E-state index in [9.17, 15) is 9.59 Å². The number of aromatic nitrogens is 3. The Morgan fingerprint density at radius 3 is 2.74 bits per heavy atom. The van der Waals surface area contributed by atoms with Crippen LogP contribution in [0.1, 0.15) is 18.3 Å². The van der Waals surface area contributed by atoms with E-state index >= 15 is 0 Å². The molecule has 0 unspecified atom stereocenters. The SMILES string of the molecule is CN1C(=O)C[C@H](C(=O)Nc2nc(-c3ccccc3)co2)[C@H]1c1nccn1C. The van der Waals surface area contributed by atoms with Gasteiger partial charge in [0.05, 0.1) is 5.92 Å². The number of carbonyl (C=O) groups excluding carboxylic acids is 2. The Balaban J connectivity index is 1.55. The molecule has 0 bridgehead atoms. The minimum Gasteiger partial charge on any atom is -0.431 e. The van der Waals surface area contributed by atoms with Crippen LogP contribution in [-0.4, -0.2) is 38.3 Å². The highest BCUT2D eigenvalue weighted by atomic mass is 16.4. The lowest BCUT2D eigenvalue weighted by Gasteiger charge is -2.23. The maximum Gasteiger partial charge on any atom is 0.301 e. The van der Waals surface area contributed by atoms with Gasteiger partial charge < -0.3 is 13.9 Å².